The molecule has 0 aliphatic heterocycles. The van der Waals surface area contributed by atoms with E-state index in [-0.39, 0.29) is 12.6 Å². The first kappa shape index (κ1) is 21.0. The number of aliphatic hydroxyl groups excluding tert-OH is 1. The molecule has 2 N–H and O–H groups in total. The maximum absolute atomic E-state index is 10.3. The van der Waals surface area contributed by atoms with Crippen molar-refractivity contribution < 1.29 is 19.3 Å². The van der Waals surface area contributed by atoms with E-state index in [2.05, 4.69) is 24.4 Å². The summed E-state index contributed by atoms with van der Waals surface area (Å²) in [6.45, 7) is 2.79. The zero-order valence-corrected chi connectivity index (χ0v) is 17.2. The minimum absolute atomic E-state index is 0.195. The van der Waals surface area contributed by atoms with Crippen LogP contribution < -0.4 is 19.5 Å². The maximum Gasteiger partial charge on any atom is 0.160 e. The highest BCUT2D eigenvalue weighted by atomic mass is 16.5. The van der Waals surface area contributed by atoms with Gasteiger partial charge in [-0.2, -0.15) is 0 Å². The van der Waals surface area contributed by atoms with E-state index in [1.54, 1.807) is 14.2 Å². The zero-order valence-electron chi connectivity index (χ0n) is 17.2. The molecule has 0 saturated heterocycles. The summed E-state index contributed by atoms with van der Waals surface area (Å²) in [5.74, 6) is 2.24. The van der Waals surface area contributed by atoms with Crippen molar-refractivity contribution in [3.05, 3.63) is 66.2 Å². The van der Waals surface area contributed by atoms with Gasteiger partial charge in [-0.1, -0.05) is 42.5 Å². The molecule has 0 spiro atoms. The molecule has 3 rings (SSSR count). The highest BCUT2D eigenvalue weighted by molar-refractivity contribution is 5.88. The molecule has 0 heterocycles. The molecule has 0 saturated carbocycles. The highest BCUT2D eigenvalue weighted by Gasteiger charge is 2.11. The first-order valence-electron chi connectivity index (χ1n) is 9.83. The molecule has 2 atom stereocenters. The van der Waals surface area contributed by atoms with Gasteiger partial charge in [0.25, 0.3) is 0 Å². The van der Waals surface area contributed by atoms with Crippen LogP contribution in [0.25, 0.3) is 10.8 Å². The lowest BCUT2D eigenvalue weighted by Crippen LogP contribution is -2.37. The first-order valence-corrected chi connectivity index (χ1v) is 9.83. The average molecular weight is 395 g/mol. The van der Waals surface area contributed by atoms with Crippen molar-refractivity contribution in [1.82, 2.24) is 5.32 Å². The smallest absolute Gasteiger partial charge is 0.160 e. The quantitative estimate of drug-likeness (QED) is 0.547. The summed E-state index contributed by atoms with van der Waals surface area (Å²) in [5, 5.41) is 15.9. The van der Waals surface area contributed by atoms with Gasteiger partial charge in [-0.05, 0) is 42.5 Å². The molecule has 154 valence electrons. The van der Waals surface area contributed by atoms with E-state index in [1.807, 2.05) is 48.5 Å². The summed E-state index contributed by atoms with van der Waals surface area (Å²) in [6.07, 6.45) is 0.221. The number of hydrogen-bond donors (Lipinski definition) is 2. The summed E-state index contributed by atoms with van der Waals surface area (Å²) >= 11 is 0. The molecular formula is C24H29NO4. The Balaban J connectivity index is 1.48. The number of hydrogen-bond acceptors (Lipinski definition) is 5. The predicted molar refractivity (Wildman–Crippen MR) is 116 cm³/mol. The Hall–Kier alpha value is -2.76. The van der Waals surface area contributed by atoms with Crippen LogP contribution in [0.1, 0.15) is 12.5 Å². The van der Waals surface area contributed by atoms with Gasteiger partial charge in [0.2, 0.25) is 0 Å². The number of nitrogens with one attached hydrogen (secondary N) is 1. The molecule has 0 aliphatic carbocycles. The summed E-state index contributed by atoms with van der Waals surface area (Å²) in [4.78, 5) is 0. The van der Waals surface area contributed by atoms with Gasteiger partial charge in [-0.25, -0.2) is 0 Å². The fourth-order valence-corrected chi connectivity index (χ4v) is 3.34. The molecule has 3 aromatic carbocycles. The summed E-state index contributed by atoms with van der Waals surface area (Å²) in [6, 6.07) is 20.1. The van der Waals surface area contributed by atoms with E-state index in [9.17, 15) is 5.11 Å². The van der Waals surface area contributed by atoms with E-state index in [0.717, 1.165) is 40.0 Å². The minimum Gasteiger partial charge on any atom is -0.493 e. The monoisotopic (exact) mass is 395 g/mol. The molecule has 0 fully saturated rings. The van der Waals surface area contributed by atoms with Gasteiger partial charge in [-0.3, -0.25) is 0 Å². The number of methoxy groups -OCH3 is 2. The molecule has 5 heteroatoms. The number of ether oxygens (including phenoxy) is 3. The van der Waals surface area contributed by atoms with Crippen LogP contribution in [0, 0.1) is 0 Å². The summed E-state index contributed by atoms with van der Waals surface area (Å²) in [7, 11) is 3.26. The van der Waals surface area contributed by atoms with Gasteiger partial charge in [0.1, 0.15) is 18.5 Å². The molecule has 29 heavy (non-hydrogen) atoms. The molecule has 0 aromatic heterocycles. The topological polar surface area (TPSA) is 60.0 Å². The zero-order chi connectivity index (χ0) is 20.6. The van der Waals surface area contributed by atoms with E-state index in [4.69, 9.17) is 14.2 Å². The average Bonchev–Trinajstić information content (AvgIpc) is 2.76. The van der Waals surface area contributed by atoms with Gasteiger partial charge in [0.15, 0.2) is 11.5 Å². The lowest BCUT2D eigenvalue weighted by Gasteiger charge is -2.19. The highest BCUT2D eigenvalue weighted by Crippen LogP contribution is 2.28. The van der Waals surface area contributed by atoms with Crippen LogP contribution in [0.4, 0.5) is 0 Å². The van der Waals surface area contributed by atoms with Gasteiger partial charge in [0.05, 0.1) is 14.2 Å². The predicted octanol–water partition coefficient (Wildman–Crippen LogP) is 3.82. The van der Waals surface area contributed by atoms with Crippen molar-refractivity contribution in [2.75, 3.05) is 27.4 Å². The van der Waals surface area contributed by atoms with Gasteiger partial charge >= 0.3 is 0 Å². The number of rotatable bonds is 10. The number of aliphatic hydroxyl groups is 1. The van der Waals surface area contributed by atoms with Crippen molar-refractivity contribution in [2.24, 2.45) is 0 Å². The van der Waals surface area contributed by atoms with Gasteiger partial charge in [0, 0.05) is 18.0 Å². The van der Waals surface area contributed by atoms with Gasteiger partial charge in [-0.15, -0.1) is 0 Å². The van der Waals surface area contributed by atoms with Crippen molar-refractivity contribution >= 4 is 10.8 Å². The fourth-order valence-electron chi connectivity index (χ4n) is 3.34. The normalized spacial score (nSPS) is 13.1. The Morgan fingerprint density at radius 3 is 2.45 bits per heavy atom. The second kappa shape index (κ2) is 10.1. The van der Waals surface area contributed by atoms with Crippen LogP contribution in [-0.2, 0) is 6.42 Å². The Kier molecular flexibility index (Phi) is 7.33. The third kappa shape index (κ3) is 5.62. The molecule has 0 aliphatic rings. The molecule has 2 unspecified atom stereocenters. The minimum atomic E-state index is -0.596. The second-order valence-electron chi connectivity index (χ2n) is 7.14. The Bertz CT molecular complexity index is 922. The van der Waals surface area contributed by atoms with Crippen LogP contribution in [0.15, 0.2) is 60.7 Å². The van der Waals surface area contributed by atoms with Crippen molar-refractivity contribution in [2.45, 2.75) is 25.5 Å². The van der Waals surface area contributed by atoms with Crippen molar-refractivity contribution in [3.63, 3.8) is 0 Å². The van der Waals surface area contributed by atoms with Crippen LogP contribution in [0.5, 0.6) is 17.2 Å². The Morgan fingerprint density at radius 1 is 0.897 bits per heavy atom. The Labute approximate surface area is 172 Å². The summed E-state index contributed by atoms with van der Waals surface area (Å²) < 4.78 is 16.5. The largest absolute Gasteiger partial charge is 0.493 e. The van der Waals surface area contributed by atoms with Crippen molar-refractivity contribution in [3.8, 4) is 17.2 Å². The SMILES string of the molecule is COc1ccc(CC(C)NCC(O)COc2cccc3ccccc23)cc1OC. The lowest BCUT2D eigenvalue weighted by atomic mass is 10.1. The molecule has 0 radical (unpaired) electrons. The van der Waals surface area contributed by atoms with Crippen LogP contribution in [0.3, 0.4) is 0 Å². The van der Waals surface area contributed by atoms with Crippen molar-refractivity contribution in [1.29, 1.82) is 0 Å². The molecule has 0 bridgehead atoms. The molecular weight excluding hydrogens is 366 g/mol. The molecule has 0 amide bonds. The van der Waals surface area contributed by atoms with E-state index in [0.29, 0.717) is 6.54 Å². The van der Waals surface area contributed by atoms with E-state index >= 15 is 0 Å². The third-order valence-electron chi connectivity index (χ3n) is 4.87. The molecule has 5 nitrogen and oxygen atoms in total. The number of fused-ring (bicyclic) bond motifs is 1. The summed E-state index contributed by atoms with van der Waals surface area (Å²) in [5.41, 5.74) is 1.14. The van der Waals surface area contributed by atoms with E-state index < -0.39 is 6.10 Å². The second-order valence-corrected chi connectivity index (χ2v) is 7.14. The van der Waals surface area contributed by atoms with Crippen LogP contribution >= 0.6 is 0 Å². The Morgan fingerprint density at radius 2 is 1.66 bits per heavy atom. The first-order chi connectivity index (χ1) is 14.1. The third-order valence-corrected chi connectivity index (χ3v) is 4.87. The number of benzene rings is 3. The van der Waals surface area contributed by atoms with Crippen LogP contribution in [-0.4, -0.2) is 44.6 Å². The standard InChI is InChI=1S/C24H29NO4/c1-17(13-18-11-12-23(27-2)24(14-18)28-3)25-15-20(26)16-29-22-10-6-8-19-7-4-5-9-21(19)22/h4-12,14,17,20,25-26H,13,15-16H2,1-3H3. The molecule has 3 aromatic rings. The lowest BCUT2D eigenvalue weighted by molar-refractivity contribution is 0.105. The van der Waals surface area contributed by atoms with Gasteiger partial charge < -0.3 is 24.6 Å². The van der Waals surface area contributed by atoms with E-state index in [1.165, 1.54) is 0 Å². The maximum atomic E-state index is 10.3. The fraction of sp³-hybridized carbons (Fsp3) is 0.333. The van der Waals surface area contributed by atoms with Crippen LogP contribution in [0.2, 0.25) is 0 Å².